The third-order valence-electron chi connectivity index (χ3n) is 6.62. The molecule has 3 N–H and O–H groups in total. The molecule has 158 valence electrons. The minimum Gasteiger partial charge on any atom is -0.480 e. The molecule has 1 amide bonds. The maximum Gasteiger partial charge on any atom is 0.325 e. The summed E-state index contributed by atoms with van der Waals surface area (Å²) in [4.78, 5) is 24.3. The molecule has 0 bridgehead atoms. The van der Waals surface area contributed by atoms with Gasteiger partial charge in [0, 0.05) is 22.7 Å². The van der Waals surface area contributed by atoms with E-state index in [9.17, 15) is 14.7 Å². The first-order chi connectivity index (χ1) is 14.5. The summed E-state index contributed by atoms with van der Waals surface area (Å²) in [5, 5.41) is 16.8. The summed E-state index contributed by atoms with van der Waals surface area (Å²) in [5.74, 6) is 0.656. The van der Waals surface area contributed by atoms with Gasteiger partial charge in [-0.05, 0) is 66.8 Å². The van der Waals surface area contributed by atoms with Crippen molar-refractivity contribution in [1.82, 2.24) is 10.6 Å². The smallest absolute Gasteiger partial charge is 0.325 e. The van der Waals surface area contributed by atoms with E-state index in [4.69, 9.17) is 11.6 Å². The number of hydrogen-bond acceptors (Lipinski definition) is 3. The monoisotopic (exact) mass is 426 g/mol. The second-order valence-corrected chi connectivity index (χ2v) is 8.85. The quantitative estimate of drug-likeness (QED) is 0.588. The van der Waals surface area contributed by atoms with Gasteiger partial charge in [-0.2, -0.15) is 0 Å². The number of carboxylic acids is 1. The second kappa shape index (κ2) is 8.78. The number of halogens is 1. The summed E-state index contributed by atoms with van der Waals surface area (Å²) in [5.41, 5.74) is 1.40. The predicted molar refractivity (Wildman–Crippen MR) is 116 cm³/mol. The number of nitrogens with one attached hydrogen (secondary N) is 2. The molecule has 2 aliphatic carbocycles. The molecular formula is C24H27ClN2O3. The van der Waals surface area contributed by atoms with Gasteiger partial charge in [-0.1, -0.05) is 48.9 Å². The van der Waals surface area contributed by atoms with E-state index in [1.165, 1.54) is 0 Å². The van der Waals surface area contributed by atoms with Gasteiger partial charge >= 0.3 is 5.97 Å². The highest BCUT2D eigenvalue weighted by Crippen LogP contribution is 2.59. The fourth-order valence-electron chi connectivity index (χ4n) is 5.14. The van der Waals surface area contributed by atoms with Crippen LogP contribution < -0.4 is 10.6 Å². The molecule has 2 fully saturated rings. The van der Waals surface area contributed by atoms with Crippen molar-refractivity contribution in [1.29, 1.82) is 0 Å². The zero-order chi connectivity index (χ0) is 21.3. The van der Waals surface area contributed by atoms with Gasteiger partial charge in [0.15, 0.2) is 0 Å². The van der Waals surface area contributed by atoms with E-state index in [0.717, 1.165) is 24.8 Å². The van der Waals surface area contributed by atoms with Crippen LogP contribution in [0, 0.1) is 17.8 Å². The molecule has 0 aliphatic heterocycles. The molecule has 4 unspecified atom stereocenters. The van der Waals surface area contributed by atoms with E-state index in [0.29, 0.717) is 28.3 Å². The lowest BCUT2D eigenvalue weighted by atomic mass is 9.97. The molecule has 4 rings (SSSR count). The number of carboxylic acid groups (broad SMARTS) is 1. The van der Waals surface area contributed by atoms with Gasteiger partial charge in [-0.15, -0.1) is 0 Å². The molecule has 0 radical (unpaired) electrons. The number of fused-ring (bicyclic) bond motifs is 1. The molecule has 30 heavy (non-hydrogen) atoms. The van der Waals surface area contributed by atoms with E-state index >= 15 is 0 Å². The first-order valence-corrected chi connectivity index (χ1v) is 11.0. The Morgan fingerprint density at radius 1 is 1.07 bits per heavy atom. The van der Waals surface area contributed by atoms with Crippen LogP contribution in [-0.2, 0) is 4.79 Å². The van der Waals surface area contributed by atoms with Crippen molar-refractivity contribution in [2.24, 2.45) is 17.8 Å². The van der Waals surface area contributed by atoms with Gasteiger partial charge in [0.05, 0.1) is 0 Å². The van der Waals surface area contributed by atoms with E-state index in [1.807, 2.05) is 30.3 Å². The number of benzene rings is 2. The van der Waals surface area contributed by atoms with Crippen LogP contribution in [0.2, 0.25) is 5.02 Å². The molecular weight excluding hydrogens is 400 g/mol. The Kier molecular flexibility index (Phi) is 6.11. The molecule has 0 saturated heterocycles. The van der Waals surface area contributed by atoms with E-state index < -0.39 is 12.0 Å². The summed E-state index contributed by atoms with van der Waals surface area (Å²) >= 11 is 5.91. The molecule has 4 atom stereocenters. The van der Waals surface area contributed by atoms with Crippen molar-refractivity contribution in [2.45, 2.75) is 44.3 Å². The molecule has 2 aliphatic rings. The van der Waals surface area contributed by atoms with Crippen LogP contribution >= 0.6 is 11.6 Å². The molecule has 2 aromatic rings. The second-order valence-electron chi connectivity index (χ2n) is 8.42. The summed E-state index contributed by atoms with van der Waals surface area (Å²) < 4.78 is 0. The largest absolute Gasteiger partial charge is 0.480 e. The topological polar surface area (TPSA) is 78.4 Å². The van der Waals surface area contributed by atoms with Crippen molar-refractivity contribution in [3.63, 3.8) is 0 Å². The van der Waals surface area contributed by atoms with Gasteiger partial charge in [0.25, 0.3) is 5.91 Å². The Morgan fingerprint density at radius 2 is 1.70 bits per heavy atom. The van der Waals surface area contributed by atoms with E-state index in [-0.39, 0.29) is 18.0 Å². The van der Waals surface area contributed by atoms with Gasteiger partial charge in [0.1, 0.15) is 6.04 Å². The van der Waals surface area contributed by atoms with Gasteiger partial charge in [-0.3, -0.25) is 14.9 Å². The number of amides is 1. The first kappa shape index (κ1) is 20.9. The Morgan fingerprint density at radius 3 is 2.27 bits per heavy atom. The summed E-state index contributed by atoms with van der Waals surface area (Å²) in [6.45, 7) is 2.10. The van der Waals surface area contributed by atoms with Crippen molar-refractivity contribution < 1.29 is 14.7 Å². The molecule has 6 heteroatoms. The van der Waals surface area contributed by atoms with Crippen LogP contribution in [0.25, 0.3) is 0 Å². The van der Waals surface area contributed by atoms with Crippen LogP contribution in [0.1, 0.15) is 48.1 Å². The number of carbonyl (C=O) groups excluding carboxylic acids is 1. The normalized spacial score (nSPS) is 26.5. The third kappa shape index (κ3) is 4.37. The first-order valence-electron chi connectivity index (χ1n) is 10.6. The van der Waals surface area contributed by atoms with Gasteiger partial charge < -0.3 is 10.4 Å². The number of hydrogen-bond donors (Lipinski definition) is 3. The molecule has 0 spiro atoms. The standard InChI is InChI=1S/C24H27ClN2O3/c1-2-20(27-23(28)15-8-10-16(25)11-9-15)21-18-12-17(13-19(18)21)26-22(24(29)30)14-6-4-3-5-7-14/h3-11,17-22,26H,2,12-13H2,1H3,(H,27,28)(H,29,30). The Labute approximate surface area is 181 Å². The van der Waals surface area contributed by atoms with Crippen LogP contribution in [0.4, 0.5) is 0 Å². The lowest BCUT2D eigenvalue weighted by Gasteiger charge is -2.24. The Bertz CT molecular complexity index is 890. The van der Waals surface area contributed by atoms with Crippen LogP contribution in [0.15, 0.2) is 54.6 Å². The molecule has 0 aromatic heterocycles. The highest BCUT2D eigenvalue weighted by molar-refractivity contribution is 6.30. The summed E-state index contributed by atoms with van der Waals surface area (Å²) in [6, 6.07) is 15.9. The van der Waals surface area contributed by atoms with Crippen molar-refractivity contribution in [3.8, 4) is 0 Å². The Balaban J connectivity index is 1.33. The molecule has 5 nitrogen and oxygen atoms in total. The van der Waals surface area contributed by atoms with Crippen LogP contribution in [0.5, 0.6) is 0 Å². The number of carbonyl (C=O) groups is 2. The molecule has 2 saturated carbocycles. The minimum absolute atomic E-state index is 0.0619. The zero-order valence-electron chi connectivity index (χ0n) is 16.9. The lowest BCUT2D eigenvalue weighted by molar-refractivity contribution is -0.139. The molecule has 0 heterocycles. The number of aliphatic carboxylic acids is 1. The van der Waals surface area contributed by atoms with Crippen molar-refractivity contribution in [2.75, 3.05) is 0 Å². The van der Waals surface area contributed by atoms with Gasteiger partial charge in [-0.25, -0.2) is 0 Å². The summed E-state index contributed by atoms with van der Waals surface area (Å²) in [7, 11) is 0. The van der Waals surface area contributed by atoms with Gasteiger partial charge in [0.2, 0.25) is 0 Å². The van der Waals surface area contributed by atoms with Crippen LogP contribution in [-0.4, -0.2) is 29.1 Å². The maximum absolute atomic E-state index is 12.6. The Hall–Kier alpha value is -2.37. The predicted octanol–water partition coefficient (Wildman–Crippen LogP) is 4.29. The third-order valence-corrected chi connectivity index (χ3v) is 6.87. The summed E-state index contributed by atoms with van der Waals surface area (Å²) in [6.07, 6.45) is 2.80. The zero-order valence-corrected chi connectivity index (χ0v) is 17.7. The lowest BCUT2D eigenvalue weighted by Crippen LogP contribution is -2.40. The average Bonchev–Trinajstić information content (AvgIpc) is 3.24. The number of rotatable bonds is 8. The highest BCUT2D eigenvalue weighted by atomic mass is 35.5. The fourth-order valence-corrected chi connectivity index (χ4v) is 5.27. The van der Waals surface area contributed by atoms with Crippen molar-refractivity contribution >= 4 is 23.5 Å². The van der Waals surface area contributed by atoms with Crippen molar-refractivity contribution in [3.05, 3.63) is 70.7 Å². The maximum atomic E-state index is 12.6. The fraction of sp³-hybridized carbons (Fsp3) is 0.417. The van der Waals surface area contributed by atoms with Crippen LogP contribution in [0.3, 0.4) is 0 Å². The van der Waals surface area contributed by atoms with E-state index in [1.54, 1.807) is 24.3 Å². The SMILES string of the molecule is CCC(NC(=O)c1ccc(Cl)cc1)C1C2CC(NC(C(=O)O)c3ccccc3)CC21. The highest BCUT2D eigenvalue weighted by Gasteiger charge is 2.58. The minimum atomic E-state index is -0.847. The average molecular weight is 427 g/mol. The molecule has 2 aromatic carbocycles. The van der Waals surface area contributed by atoms with E-state index in [2.05, 4.69) is 17.6 Å².